The average Bonchev–Trinajstić information content (AvgIpc) is 3.18. The quantitative estimate of drug-likeness (QED) is 0.636. The molecular weight excluding hydrogens is 356 g/mol. The number of aromatic nitrogens is 4. The molecule has 8 heteroatoms. The Hall–Kier alpha value is -2.74. The average molecular weight is 382 g/mol. The Morgan fingerprint density at radius 2 is 2.18 bits per heavy atom. The van der Waals surface area contributed by atoms with Gasteiger partial charge in [-0.05, 0) is 44.4 Å². The predicted octanol–water partition coefficient (Wildman–Crippen LogP) is 1.96. The van der Waals surface area contributed by atoms with Crippen molar-refractivity contribution in [2.24, 2.45) is 0 Å². The summed E-state index contributed by atoms with van der Waals surface area (Å²) in [6, 6.07) is 7.97. The molecule has 4 rings (SSSR count). The molecule has 3 heterocycles. The van der Waals surface area contributed by atoms with Crippen LogP contribution in [0.5, 0.6) is 0 Å². The monoisotopic (exact) mass is 382 g/mol. The summed E-state index contributed by atoms with van der Waals surface area (Å²) in [6.07, 6.45) is 5.89. The van der Waals surface area contributed by atoms with Crippen molar-refractivity contribution in [3.05, 3.63) is 40.3 Å². The number of likely N-dealkylation sites (tertiary alicyclic amines) is 1. The number of aromatic amines is 1. The maximum Gasteiger partial charge on any atom is 0.277 e. The van der Waals surface area contributed by atoms with Gasteiger partial charge >= 0.3 is 0 Å². The number of amides is 1. The highest BCUT2D eigenvalue weighted by molar-refractivity contribution is 5.99. The first-order valence-corrected chi connectivity index (χ1v) is 10.1. The number of fused-ring (bicyclic) bond motifs is 3. The molecule has 1 saturated heterocycles. The molecule has 1 atom stereocenters. The van der Waals surface area contributed by atoms with E-state index in [9.17, 15) is 9.59 Å². The molecule has 28 heavy (non-hydrogen) atoms. The second-order valence-electron chi connectivity index (χ2n) is 7.37. The molecule has 0 spiro atoms. The van der Waals surface area contributed by atoms with Gasteiger partial charge in [0, 0.05) is 19.1 Å². The molecule has 1 fully saturated rings. The molecule has 0 aliphatic carbocycles. The smallest absolute Gasteiger partial charge is 0.277 e. The van der Waals surface area contributed by atoms with E-state index in [1.165, 1.54) is 30.2 Å². The number of hydrogen-bond acceptors (Lipinski definition) is 5. The van der Waals surface area contributed by atoms with Crippen LogP contribution in [0.2, 0.25) is 0 Å². The summed E-state index contributed by atoms with van der Waals surface area (Å²) in [4.78, 5) is 30.3. The third-order valence-electron chi connectivity index (χ3n) is 5.61. The normalized spacial score (nSPS) is 18.0. The molecule has 8 nitrogen and oxygen atoms in total. The Kier molecular flexibility index (Phi) is 5.38. The zero-order valence-corrected chi connectivity index (χ0v) is 16.1. The third-order valence-corrected chi connectivity index (χ3v) is 5.61. The fourth-order valence-electron chi connectivity index (χ4n) is 4.14. The first-order valence-electron chi connectivity index (χ1n) is 10.1. The molecule has 1 aromatic carbocycles. The minimum atomic E-state index is -0.368. The number of para-hydroxylation sites is 2. The summed E-state index contributed by atoms with van der Waals surface area (Å²) in [5.41, 5.74) is 1.24. The Morgan fingerprint density at radius 3 is 3.04 bits per heavy atom. The van der Waals surface area contributed by atoms with Gasteiger partial charge in [-0.25, -0.2) is 4.52 Å². The van der Waals surface area contributed by atoms with Gasteiger partial charge in [-0.2, -0.15) is 0 Å². The van der Waals surface area contributed by atoms with E-state index in [0.717, 1.165) is 19.5 Å². The number of rotatable bonds is 6. The van der Waals surface area contributed by atoms with Gasteiger partial charge in [0.1, 0.15) is 0 Å². The van der Waals surface area contributed by atoms with Crippen molar-refractivity contribution in [1.29, 1.82) is 0 Å². The van der Waals surface area contributed by atoms with E-state index in [1.54, 1.807) is 6.07 Å². The summed E-state index contributed by atoms with van der Waals surface area (Å²) in [6.45, 7) is 4.91. The van der Waals surface area contributed by atoms with Gasteiger partial charge in [0.15, 0.2) is 11.2 Å². The lowest BCUT2D eigenvalue weighted by molar-refractivity contribution is 0.0944. The van der Waals surface area contributed by atoms with Crippen molar-refractivity contribution in [1.82, 2.24) is 30.0 Å². The van der Waals surface area contributed by atoms with Crippen LogP contribution in [-0.2, 0) is 0 Å². The van der Waals surface area contributed by atoms with Crippen molar-refractivity contribution in [2.45, 2.75) is 45.1 Å². The van der Waals surface area contributed by atoms with Crippen LogP contribution >= 0.6 is 0 Å². The minimum Gasteiger partial charge on any atom is -0.351 e. The summed E-state index contributed by atoms with van der Waals surface area (Å²) in [5, 5.41) is 10.9. The maximum atomic E-state index is 12.6. The Labute approximate surface area is 162 Å². The lowest BCUT2D eigenvalue weighted by atomic mass is 10.00. The number of nitrogens with zero attached hydrogens (tertiary/aromatic N) is 4. The van der Waals surface area contributed by atoms with E-state index in [0.29, 0.717) is 23.6 Å². The van der Waals surface area contributed by atoms with E-state index in [2.05, 4.69) is 32.4 Å². The molecule has 1 aliphatic rings. The van der Waals surface area contributed by atoms with Crippen LogP contribution in [0.25, 0.3) is 16.6 Å². The van der Waals surface area contributed by atoms with E-state index >= 15 is 0 Å². The topological polar surface area (TPSA) is 95.4 Å². The number of piperidine rings is 1. The molecule has 1 amide bonds. The van der Waals surface area contributed by atoms with Crippen molar-refractivity contribution >= 4 is 22.5 Å². The fraction of sp³-hybridized carbons (Fsp3) is 0.500. The lowest BCUT2D eigenvalue weighted by Crippen LogP contribution is -2.40. The summed E-state index contributed by atoms with van der Waals surface area (Å²) >= 11 is 0. The molecule has 3 aromatic rings. The molecule has 148 valence electrons. The number of nitrogens with one attached hydrogen (secondary N) is 2. The molecule has 2 N–H and O–H groups in total. The Bertz CT molecular complexity index is 1040. The molecule has 0 saturated carbocycles. The highest BCUT2D eigenvalue weighted by Crippen LogP contribution is 2.19. The second kappa shape index (κ2) is 8.10. The third kappa shape index (κ3) is 3.52. The summed E-state index contributed by atoms with van der Waals surface area (Å²) in [7, 11) is 0. The van der Waals surface area contributed by atoms with Crippen molar-refractivity contribution in [2.75, 3.05) is 19.6 Å². The van der Waals surface area contributed by atoms with Crippen molar-refractivity contribution in [3.63, 3.8) is 0 Å². The van der Waals surface area contributed by atoms with Gasteiger partial charge < -0.3 is 15.2 Å². The van der Waals surface area contributed by atoms with Crippen LogP contribution in [0, 0.1) is 0 Å². The largest absolute Gasteiger partial charge is 0.351 e. The number of carbonyl (C=O) groups excluding carboxylic acids is 1. The van der Waals surface area contributed by atoms with Crippen LogP contribution in [-0.4, -0.2) is 56.3 Å². The summed E-state index contributed by atoms with van der Waals surface area (Å²) < 4.78 is 1.43. The van der Waals surface area contributed by atoms with E-state index in [4.69, 9.17) is 0 Å². The number of H-pyrrole nitrogens is 1. The predicted molar refractivity (Wildman–Crippen MR) is 108 cm³/mol. The first kappa shape index (κ1) is 18.6. The highest BCUT2D eigenvalue weighted by atomic mass is 16.2. The molecule has 1 aliphatic heterocycles. The molecule has 0 bridgehead atoms. The van der Waals surface area contributed by atoms with Gasteiger partial charge in [0.25, 0.3) is 11.5 Å². The van der Waals surface area contributed by atoms with Gasteiger partial charge in [0.2, 0.25) is 0 Å². The first-order chi connectivity index (χ1) is 13.7. The number of hydrogen-bond donors (Lipinski definition) is 2. The lowest BCUT2D eigenvalue weighted by Gasteiger charge is -2.35. The van der Waals surface area contributed by atoms with Crippen LogP contribution in [0.4, 0.5) is 0 Å². The minimum absolute atomic E-state index is 0.0661. The highest BCUT2D eigenvalue weighted by Gasteiger charge is 2.21. The second-order valence-corrected chi connectivity index (χ2v) is 7.37. The fourth-order valence-corrected chi connectivity index (χ4v) is 4.14. The van der Waals surface area contributed by atoms with Crippen LogP contribution in [0.1, 0.15) is 49.5 Å². The van der Waals surface area contributed by atoms with Gasteiger partial charge in [-0.15, -0.1) is 5.10 Å². The SMILES string of the molecule is CC[C@H]1CCCCN1CCCNC(=O)c1nnn2c1c(=O)[nH]c1ccccc12. The van der Waals surface area contributed by atoms with Crippen LogP contribution < -0.4 is 10.9 Å². The maximum absolute atomic E-state index is 12.6. The molecule has 0 radical (unpaired) electrons. The van der Waals surface area contributed by atoms with E-state index in [-0.39, 0.29) is 22.7 Å². The molecule has 0 unspecified atom stereocenters. The van der Waals surface area contributed by atoms with Gasteiger partial charge in [-0.1, -0.05) is 30.7 Å². The molecule has 2 aromatic heterocycles. The van der Waals surface area contributed by atoms with E-state index in [1.807, 2.05) is 18.2 Å². The van der Waals surface area contributed by atoms with Gasteiger partial charge in [-0.3, -0.25) is 9.59 Å². The van der Waals surface area contributed by atoms with Crippen molar-refractivity contribution < 1.29 is 4.79 Å². The van der Waals surface area contributed by atoms with Crippen molar-refractivity contribution in [3.8, 4) is 0 Å². The zero-order valence-electron chi connectivity index (χ0n) is 16.1. The van der Waals surface area contributed by atoms with Crippen LogP contribution in [0.15, 0.2) is 29.1 Å². The Balaban J connectivity index is 1.43. The summed E-state index contributed by atoms with van der Waals surface area (Å²) in [5.74, 6) is -0.360. The van der Waals surface area contributed by atoms with Crippen LogP contribution in [0.3, 0.4) is 0 Å². The molecular formula is C20H26N6O2. The van der Waals surface area contributed by atoms with Gasteiger partial charge in [0.05, 0.1) is 11.0 Å². The zero-order chi connectivity index (χ0) is 19.5. The van der Waals surface area contributed by atoms with E-state index < -0.39 is 0 Å². The number of benzene rings is 1. The Morgan fingerprint density at radius 1 is 1.32 bits per heavy atom. The number of carbonyl (C=O) groups is 1. The standard InChI is InChI=1S/C20H26N6O2/c1-2-14-8-5-6-12-25(14)13-7-11-21-19(27)17-18-20(28)22-15-9-3-4-10-16(15)26(18)24-23-17/h3-4,9-10,14H,2,5-8,11-13H2,1H3,(H,21,27)(H,22,28)/t14-/m0/s1.